The lowest BCUT2D eigenvalue weighted by Gasteiger charge is -2.42. The third-order valence-corrected chi connectivity index (χ3v) is 7.16. The van der Waals surface area contributed by atoms with Crippen molar-refractivity contribution in [1.82, 2.24) is 0 Å². The Labute approximate surface area is 138 Å². The lowest BCUT2D eigenvalue weighted by atomic mass is 9.62. The van der Waals surface area contributed by atoms with Gasteiger partial charge >= 0.3 is 0 Å². The lowest BCUT2D eigenvalue weighted by Crippen LogP contribution is -2.51. The molecule has 0 amide bonds. The van der Waals surface area contributed by atoms with Crippen molar-refractivity contribution >= 4 is 5.78 Å². The highest BCUT2D eigenvalue weighted by molar-refractivity contribution is 5.83. The van der Waals surface area contributed by atoms with Crippen LogP contribution in [0.3, 0.4) is 0 Å². The number of ether oxygens (including phenoxy) is 2. The molecule has 0 aromatic carbocycles. The van der Waals surface area contributed by atoms with Crippen LogP contribution in [-0.4, -0.2) is 40.4 Å². The van der Waals surface area contributed by atoms with Crippen LogP contribution >= 0.6 is 0 Å². The van der Waals surface area contributed by atoms with Gasteiger partial charge in [-0.1, -0.05) is 13.8 Å². The molecule has 4 bridgehead atoms. The van der Waals surface area contributed by atoms with Gasteiger partial charge in [0.05, 0.1) is 29.5 Å². The molecule has 1 saturated carbocycles. The molecule has 3 saturated heterocycles. The largest absolute Gasteiger partial charge is 0.387 e. The molecule has 0 aromatic rings. The van der Waals surface area contributed by atoms with E-state index in [-0.39, 0.29) is 35.7 Å². The standard InChI is InChI=1S/C19H30O4/c1-10(2)11-5-6-12(20)16-13-9-18(3,21)14-7-8-19(4,23-14)17(22-13)15(11)16/h10-11,13-17,21H,5-9H2,1-4H3/t11-,13-,14?,15-,16-,17-,18+,19?/m1/s1. The third kappa shape index (κ3) is 2.25. The van der Waals surface area contributed by atoms with E-state index in [1.165, 1.54) is 0 Å². The van der Waals surface area contributed by atoms with Crippen molar-refractivity contribution in [1.29, 1.82) is 0 Å². The molecular formula is C19H30O4. The molecule has 0 radical (unpaired) electrons. The molecule has 3 heterocycles. The molecule has 130 valence electrons. The van der Waals surface area contributed by atoms with Crippen molar-refractivity contribution in [3.63, 3.8) is 0 Å². The lowest BCUT2D eigenvalue weighted by molar-refractivity contribution is -0.207. The molecule has 4 aliphatic rings. The summed E-state index contributed by atoms with van der Waals surface area (Å²) in [6.07, 6.45) is 3.67. The van der Waals surface area contributed by atoms with Crippen molar-refractivity contribution in [2.24, 2.45) is 23.7 Å². The van der Waals surface area contributed by atoms with E-state index >= 15 is 0 Å². The number of carbonyl (C=O) groups excluding carboxylic acids is 1. The van der Waals surface area contributed by atoms with Crippen molar-refractivity contribution in [3.05, 3.63) is 0 Å². The fraction of sp³-hybridized carbons (Fsp3) is 0.947. The zero-order valence-electron chi connectivity index (χ0n) is 14.7. The van der Waals surface area contributed by atoms with Crippen molar-refractivity contribution in [2.75, 3.05) is 0 Å². The highest BCUT2D eigenvalue weighted by Gasteiger charge is 2.64. The second kappa shape index (κ2) is 5.03. The molecule has 3 aliphatic heterocycles. The Kier molecular flexibility index (Phi) is 3.51. The van der Waals surface area contributed by atoms with Gasteiger partial charge in [0.1, 0.15) is 5.78 Å². The first-order valence-corrected chi connectivity index (χ1v) is 9.31. The number of aliphatic hydroxyl groups is 1. The predicted molar refractivity (Wildman–Crippen MR) is 86.0 cm³/mol. The first-order valence-electron chi connectivity index (χ1n) is 9.31. The molecule has 4 heteroatoms. The monoisotopic (exact) mass is 322 g/mol. The van der Waals surface area contributed by atoms with Gasteiger partial charge in [-0.05, 0) is 44.9 Å². The maximum atomic E-state index is 12.7. The molecule has 0 aromatic heterocycles. The zero-order chi connectivity index (χ0) is 16.6. The van der Waals surface area contributed by atoms with Gasteiger partial charge in [-0.15, -0.1) is 0 Å². The molecule has 4 nitrogen and oxygen atoms in total. The fourth-order valence-electron chi connectivity index (χ4n) is 5.93. The van der Waals surface area contributed by atoms with Gasteiger partial charge in [0, 0.05) is 24.7 Å². The fourth-order valence-corrected chi connectivity index (χ4v) is 5.93. The minimum atomic E-state index is -0.909. The van der Waals surface area contributed by atoms with Crippen molar-refractivity contribution < 1.29 is 19.4 Å². The number of Topliss-reactive ketones (excluding diaryl/α,β-unsaturated/α-hetero) is 1. The molecule has 1 aliphatic carbocycles. The van der Waals surface area contributed by atoms with E-state index in [0.29, 0.717) is 30.5 Å². The second-order valence-electron chi connectivity index (χ2n) is 9.13. The highest BCUT2D eigenvalue weighted by atomic mass is 16.6. The Hall–Kier alpha value is -0.450. The van der Waals surface area contributed by atoms with E-state index in [1.54, 1.807) is 0 Å². The second-order valence-corrected chi connectivity index (χ2v) is 9.13. The number of rotatable bonds is 1. The summed E-state index contributed by atoms with van der Waals surface area (Å²) in [5.41, 5.74) is -1.27. The average Bonchev–Trinajstić information content (AvgIpc) is 3.02. The van der Waals surface area contributed by atoms with Crippen LogP contribution in [-0.2, 0) is 14.3 Å². The van der Waals surface area contributed by atoms with Crippen molar-refractivity contribution in [2.45, 2.75) is 89.3 Å². The molecular weight excluding hydrogens is 292 g/mol. The minimum absolute atomic E-state index is 0.00440. The van der Waals surface area contributed by atoms with Crippen LogP contribution in [0.5, 0.6) is 0 Å². The molecule has 0 spiro atoms. The topological polar surface area (TPSA) is 55.8 Å². The van der Waals surface area contributed by atoms with Crippen LogP contribution in [0.25, 0.3) is 0 Å². The molecule has 23 heavy (non-hydrogen) atoms. The van der Waals surface area contributed by atoms with Gasteiger partial charge in [-0.2, -0.15) is 0 Å². The Morgan fingerprint density at radius 3 is 2.70 bits per heavy atom. The zero-order valence-corrected chi connectivity index (χ0v) is 14.7. The Morgan fingerprint density at radius 1 is 1.26 bits per heavy atom. The number of carbonyl (C=O) groups is 1. The van der Waals surface area contributed by atoms with Crippen molar-refractivity contribution in [3.8, 4) is 0 Å². The molecule has 1 N–H and O–H groups in total. The van der Waals surface area contributed by atoms with Gasteiger partial charge in [0.2, 0.25) is 0 Å². The Morgan fingerprint density at radius 2 is 2.00 bits per heavy atom. The van der Waals surface area contributed by atoms with E-state index in [0.717, 1.165) is 19.3 Å². The quantitative estimate of drug-likeness (QED) is 0.806. The van der Waals surface area contributed by atoms with E-state index in [1.807, 2.05) is 6.92 Å². The van der Waals surface area contributed by atoms with E-state index in [9.17, 15) is 9.90 Å². The van der Waals surface area contributed by atoms with Crippen LogP contribution in [0.15, 0.2) is 0 Å². The van der Waals surface area contributed by atoms with Gasteiger partial charge in [-0.3, -0.25) is 4.79 Å². The summed E-state index contributed by atoms with van der Waals surface area (Å²) >= 11 is 0. The highest BCUT2D eigenvalue weighted by Crippen LogP contribution is 2.56. The summed E-state index contributed by atoms with van der Waals surface area (Å²) < 4.78 is 12.8. The average molecular weight is 322 g/mol. The van der Waals surface area contributed by atoms with E-state index < -0.39 is 5.60 Å². The third-order valence-electron chi connectivity index (χ3n) is 7.16. The number of hydrogen-bond acceptors (Lipinski definition) is 4. The molecule has 8 atom stereocenters. The van der Waals surface area contributed by atoms with Crippen LogP contribution in [0.2, 0.25) is 0 Å². The van der Waals surface area contributed by atoms with Gasteiger partial charge in [0.15, 0.2) is 0 Å². The summed E-state index contributed by atoms with van der Waals surface area (Å²) in [6, 6.07) is 0. The summed E-state index contributed by atoms with van der Waals surface area (Å²) in [6.45, 7) is 8.51. The number of fused-ring (bicyclic) bond motifs is 8. The maximum absolute atomic E-state index is 12.7. The summed E-state index contributed by atoms with van der Waals surface area (Å²) in [7, 11) is 0. The first-order chi connectivity index (χ1) is 10.7. The number of ketones is 1. The van der Waals surface area contributed by atoms with Crippen LogP contribution < -0.4 is 0 Å². The minimum Gasteiger partial charge on any atom is -0.387 e. The maximum Gasteiger partial charge on any atom is 0.138 e. The smallest absolute Gasteiger partial charge is 0.138 e. The molecule has 4 rings (SSSR count). The Bertz CT molecular complexity index is 513. The van der Waals surface area contributed by atoms with Gasteiger partial charge in [-0.25, -0.2) is 0 Å². The Balaban J connectivity index is 1.78. The van der Waals surface area contributed by atoms with Gasteiger partial charge in [0.25, 0.3) is 0 Å². The molecule has 2 unspecified atom stereocenters. The summed E-state index contributed by atoms with van der Waals surface area (Å²) in [5, 5.41) is 10.9. The molecule has 4 fully saturated rings. The normalized spacial score (nSPS) is 55.7. The van der Waals surface area contributed by atoms with E-state index in [4.69, 9.17) is 9.47 Å². The summed E-state index contributed by atoms with van der Waals surface area (Å²) in [5.74, 6) is 1.60. The SMILES string of the molecule is CC(C)[C@H]1CCC(=O)[C@H]2[C@@H]1[C@H]1O[C@@H]2C[C@](C)(O)C2CCC1(C)O2. The van der Waals surface area contributed by atoms with Crippen LogP contribution in [0.4, 0.5) is 0 Å². The predicted octanol–water partition coefficient (Wildman–Crippen LogP) is 2.71. The first kappa shape index (κ1) is 16.0. The summed E-state index contributed by atoms with van der Waals surface area (Å²) in [4.78, 5) is 12.7. The van der Waals surface area contributed by atoms with Gasteiger partial charge < -0.3 is 14.6 Å². The number of hydrogen-bond donors (Lipinski definition) is 1. The van der Waals surface area contributed by atoms with Crippen LogP contribution in [0, 0.1) is 23.7 Å². The van der Waals surface area contributed by atoms with E-state index in [2.05, 4.69) is 20.8 Å². The van der Waals surface area contributed by atoms with Crippen LogP contribution in [0.1, 0.15) is 59.8 Å².